The molecule has 5 nitrogen and oxygen atoms in total. The first kappa shape index (κ1) is 16.9. The van der Waals surface area contributed by atoms with Crippen LogP contribution in [0.25, 0.3) is 0 Å². The van der Waals surface area contributed by atoms with Gasteiger partial charge in [-0.2, -0.15) is 4.31 Å². The van der Waals surface area contributed by atoms with Gasteiger partial charge < -0.3 is 5.32 Å². The zero-order valence-corrected chi connectivity index (χ0v) is 14.8. The number of nitrogens with one attached hydrogen (secondary N) is 1. The average Bonchev–Trinajstić information content (AvgIpc) is 3.06. The molecule has 23 heavy (non-hydrogen) atoms. The molecule has 1 aromatic rings. The smallest absolute Gasteiger partial charge is 0.243 e. The first-order chi connectivity index (χ1) is 11.0. The van der Waals surface area contributed by atoms with Crippen LogP contribution >= 0.6 is 0 Å². The van der Waals surface area contributed by atoms with Crippen molar-refractivity contribution < 1.29 is 8.42 Å². The van der Waals surface area contributed by atoms with Gasteiger partial charge in [0.25, 0.3) is 0 Å². The highest BCUT2D eigenvalue weighted by molar-refractivity contribution is 7.89. The van der Waals surface area contributed by atoms with Crippen molar-refractivity contribution in [1.82, 2.24) is 14.5 Å². The molecule has 2 heterocycles. The molecule has 2 saturated heterocycles. The number of hydrogen-bond acceptors (Lipinski definition) is 4. The van der Waals surface area contributed by atoms with E-state index in [0.717, 1.165) is 32.6 Å². The van der Waals surface area contributed by atoms with Gasteiger partial charge in [-0.3, -0.25) is 4.90 Å². The van der Waals surface area contributed by atoms with Crippen LogP contribution in [-0.4, -0.2) is 62.9 Å². The zero-order chi connectivity index (χ0) is 16.4. The third-order valence-electron chi connectivity index (χ3n) is 4.98. The van der Waals surface area contributed by atoms with Crippen LogP contribution in [0, 0.1) is 0 Å². The molecule has 0 aliphatic carbocycles. The Morgan fingerprint density at radius 3 is 2.35 bits per heavy atom. The quantitative estimate of drug-likeness (QED) is 0.904. The fourth-order valence-corrected chi connectivity index (χ4v) is 4.94. The molecule has 1 N–H and O–H groups in total. The molecular formula is C17H27N3O2S. The molecule has 0 radical (unpaired) electrons. The molecule has 6 heteroatoms. The summed E-state index contributed by atoms with van der Waals surface area (Å²) in [4.78, 5) is 2.84. The van der Waals surface area contributed by atoms with Gasteiger partial charge in [0.2, 0.25) is 10.0 Å². The Labute approximate surface area is 139 Å². The molecule has 2 aliphatic rings. The number of nitrogens with zero attached hydrogens (tertiary/aromatic N) is 2. The van der Waals surface area contributed by atoms with E-state index >= 15 is 0 Å². The number of rotatable bonds is 4. The molecule has 0 amide bonds. The summed E-state index contributed by atoms with van der Waals surface area (Å²) in [7, 11) is -3.36. The predicted octanol–water partition coefficient (Wildman–Crippen LogP) is 1.48. The van der Waals surface area contributed by atoms with Crippen molar-refractivity contribution >= 4 is 10.0 Å². The number of sulfonamides is 1. The molecule has 2 aliphatic heterocycles. The summed E-state index contributed by atoms with van der Waals surface area (Å²) in [6.07, 6.45) is 0.934. The van der Waals surface area contributed by atoms with Crippen LogP contribution in [0.3, 0.4) is 0 Å². The van der Waals surface area contributed by atoms with Gasteiger partial charge in [0.05, 0.1) is 4.90 Å². The van der Waals surface area contributed by atoms with Crippen LogP contribution < -0.4 is 5.32 Å². The van der Waals surface area contributed by atoms with Crippen molar-refractivity contribution in [3.05, 3.63) is 29.8 Å². The molecule has 1 unspecified atom stereocenters. The standard InChI is InChI=1S/C17H27N3O2S/c1-14(2)15-3-5-17(6-4-15)23(21,22)20-10-7-16(13-20)19-11-8-18-9-12-19/h3-6,14,16,18H,7-13H2,1-2H3. The topological polar surface area (TPSA) is 52.7 Å². The maximum Gasteiger partial charge on any atom is 0.243 e. The van der Waals surface area contributed by atoms with E-state index in [0.29, 0.717) is 29.9 Å². The summed E-state index contributed by atoms with van der Waals surface area (Å²) in [5.41, 5.74) is 1.17. The zero-order valence-electron chi connectivity index (χ0n) is 14.0. The summed E-state index contributed by atoms with van der Waals surface area (Å²) in [6, 6.07) is 7.73. The van der Waals surface area contributed by atoms with Gasteiger partial charge in [0.1, 0.15) is 0 Å². The Morgan fingerprint density at radius 2 is 1.74 bits per heavy atom. The minimum atomic E-state index is -3.36. The van der Waals surface area contributed by atoms with Crippen LogP contribution in [0.2, 0.25) is 0 Å². The SMILES string of the molecule is CC(C)c1ccc(S(=O)(=O)N2CCC(N3CCNCC3)C2)cc1. The normalized spacial score (nSPS) is 24.4. The van der Waals surface area contributed by atoms with Crippen LogP contribution in [0.15, 0.2) is 29.2 Å². The maximum absolute atomic E-state index is 12.8. The minimum absolute atomic E-state index is 0.363. The first-order valence-electron chi connectivity index (χ1n) is 8.53. The molecule has 1 atom stereocenters. The fourth-order valence-electron chi connectivity index (χ4n) is 3.45. The minimum Gasteiger partial charge on any atom is -0.314 e. The summed E-state index contributed by atoms with van der Waals surface area (Å²) < 4.78 is 27.3. The summed E-state index contributed by atoms with van der Waals surface area (Å²) >= 11 is 0. The van der Waals surface area contributed by atoms with E-state index in [2.05, 4.69) is 24.1 Å². The van der Waals surface area contributed by atoms with Crippen LogP contribution in [0.1, 0.15) is 31.7 Å². The maximum atomic E-state index is 12.8. The van der Waals surface area contributed by atoms with Crippen molar-refractivity contribution in [1.29, 1.82) is 0 Å². The molecule has 0 saturated carbocycles. The van der Waals surface area contributed by atoms with Gasteiger partial charge >= 0.3 is 0 Å². The van der Waals surface area contributed by atoms with E-state index in [1.807, 2.05) is 12.1 Å². The second kappa shape index (κ2) is 6.89. The third kappa shape index (κ3) is 3.60. The van der Waals surface area contributed by atoms with Gasteiger partial charge in [-0.05, 0) is 30.0 Å². The molecule has 1 aromatic carbocycles. The largest absolute Gasteiger partial charge is 0.314 e. The Hall–Kier alpha value is -0.950. The van der Waals surface area contributed by atoms with E-state index in [-0.39, 0.29) is 0 Å². The van der Waals surface area contributed by atoms with Gasteiger partial charge in [0, 0.05) is 45.3 Å². The van der Waals surface area contributed by atoms with Crippen molar-refractivity contribution in [3.63, 3.8) is 0 Å². The third-order valence-corrected chi connectivity index (χ3v) is 6.86. The van der Waals surface area contributed by atoms with Crippen molar-refractivity contribution in [2.75, 3.05) is 39.3 Å². The Morgan fingerprint density at radius 1 is 1.09 bits per heavy atom. The molecular weight excluding hydrogens is 310 g/mol. The Kier molecular flexibility index (Phi) is 5.06. The van der Waals surface area contributed by atoms with E-state index in [4.69, 9.17) is 0 Å². The lowest BCUT2D eigenvalue weighted by atomic mass is 10.0. The van der Waals surface area contributed by atoms with E-state index in [9.17, 15) is 8.42 Å². The molecule has 0 spiro atoms. The molecule has 128 valence electrons. The molecule has 0 bridgehead atoms. The van der Waals surface area contributed by atoms with Crippen molar-refractivity contribution in [2.45, 2.75) is 37.1 Å². The summed E-state index contributed by atoms with van der Waals surface area (Å²) in [6.45, 7) is 9.50. The molecule has 0 aromatic heterocycles. The number of benzene rings is 1. The van der Waals surface area contributed by atoms with Gasteiger partial charge in [-0.1, -0.05) is 26.0 Å². The summed E-state index contributed by atoms with van der Waals surface area (Å²) in [5, 5.41) is 3.35. The lowest BCUT2D eigenvalue weighted by molar-refractivity contribution is 0.179. The average molecular weight is 337 g/mol. The van der Waals surface area contributed by atoms with Crippen LogP contribution in [0.5, 0.6) is 0 Å². The summed E-state index contributed by atoms with van der Waals surface area (Å²) in [5.74, 6) is 0.413. The van der Waals surface area contributed by atoms with Crippen LogP contribution in [-0.2, 0) is 10.0 Å². The number of hydrogen-bond donors (Lipinski definition) is 1. The predicted molar refractivity (Wildman–Crippen MR) is 92.1 cm³/mol. The first-order valence-corrected chi connectivity index (χ1v) is 9.97. The molecule has 2 fully saturated rings. The van der Waals surface area contributed by atoms with Gasteiger partial charge in [-0.25, -0.2) is 8.42 Å². The Balaban J connectivity index is 1.70. The van der Waals surface area contributed by atoms with Gasteiger partial charge in [-0.15, -0.1) is 0 Å². The van der Waals surface area contributed by atoms with Gasteiger partial charge in [0.15, 0.2) is 0 Å². The van der Waals surface area contributed by atoms with E-state index in [1.54, 1.807) is 16.4 Å². The fraction of sp³-hybridized carbons (Fsp3) is 0.647. The lowest BCUT2D eigenvalue weighted by Gasteiger charge is -2.32. The highest BCUT2D eigenvalue weighted by Crippen LogP contribution is 2.25. The van der Waals surface area contributed by atoms with Crippen molar-refractivity contribution in [2.24, 2.45) is 0 Å². The second-order valence-corrected chi connectivity index (χ2v) is 8.75. The highest BCUT2D eigenvalue weighted by atomic mass is 32.2. The lowest BCUT2D eigenvalue weighted by Crippen LogP contribution is -2.49. The highest BCUT2D eigenvalue weighted by Gasteiger charge is 2.35. The van der Waals surface area contributed by atoms with Crippen molar-refractivity contribution in [3.8, 4) is 0 Å². The second-order valence-electron chi connectivity index (χ2n) is 6.82. The molecule has 3 rings (SSSR count). The van der Waals surface area contributed by atoms with E-state index < -0.39 is 10.0 Å². The van der Waals surface area contributed by atoms with E-state index in [1.165, 1.54) is 5.56 Å². The monoisotopic (exact) mass is 337 g/mol. The number of piperazine rings is 1. The van der Waals surface area contributed by atoms with Crippen LogP contribution in [0.4, 0.5) is 0 Å². The Bertz CT molecular complexity index is 622.